The predicted molar refractivity (Wildman–Crippen MR) is 98.6 cm³/mol. The number of aromatic nitrogens is 1. The van der Waals surface area contributed by atoms with Crippen molar-refractivity contribution >= 4 is 27.8 Å². The van der Waals surface area contributed by atoms with Gasteiger partial charge in [0.15, 0.2) is 11.7 Å². The number of hydrogen-bond acceptors (Lipinski definition) is 7. The Bertz CT molecular complexity index is 878. The van der Waals surface area contributed by atoms with Crippen LogP contribution in [0.25, 0.3) is 0 Å². The summed E-state index contributed by atoms with van der Waals surface area (Å²) in [5.74, 6) is 0.0259. The zero-order valence-corrected chi connectivity index (χ0v) is 16.0. The van der Waals surface area contributed by atoms with Crippen molar-refractivity contribution in [2.75, 3.05) is 24.4 Å². The summed E-state index contributed by atoms with van der Waals surface area (Å²) in [7, 11) is -3.90. The molecule has 0 radical (unpaired) electrons. The van der Waals surface area contributed by atoms with E-state index in [1.54, 1.807) is 11.0 Å². The van der Waals surface area contributed by atoms with Crippen molar-refractivity contribution in [1.82, 2.24) is 9.88 Å². The molecule has 1 atom stereocenters. The molecule has 27 heavy (non-hydrogen) atoms. The summed E-state index contributed by atoms with van der Waals surface area (Å²) < 4.78 is 34.7. The zero-order chi connectivity index (χ0) is 19.8. The number of likely N-dealkylation sites (tertiary alicyclic amines) is 1. The van der Waals surface area contributed by atoms with Crippen LogP contribution in [0.1, 0.15) is 32.3 Å². The van der Waals surface area contributed by atoms with Gasteiger partial charge in [0.05, 0.1) is 6.61 Å². The van der Waals surface area contributed by atoms with E-state index in [0.717, 1.165) is 12.8 Å². The lowest BCUT2D eigenvalue weighted by Gasteiger charge is -2.35. The number of piperidine rings is 1. The Hall–Kier alpha value is -2.40. The van der Waals surface area contributed by atoms with Gasteiger partial charge in [0, 0.05) is 25.2 Å². The number of anilines is 1. The van der Waals surface area contributed by atoms with Crippen LogP contribution >= 0.6 is 0 Å². The standard InChI is InChI=1S/C16H23N5O5S/c1-16(2,23)15(22)21-7-3-4-10(8-21)9-26-11-5-6-18-14-12(11)13(17)19-27(24,25)20-14/h5-6,10,23H,3-4,7-9H2,1-2H3,(H2,17,19)(H,18,20)/t10-/m0/s1. The number of amides is 1. The van der Waals surface area contributed by atoms with Gasteiger partial charge in [-0.25, -0.2) is 9.71 Å². The molecule has 1 amide bonds. The van der Waals surface area contributed by atoms with E-state index in [2.05, 4.69) is 14.1 Å². The maximum atomic E-state index is 12.3. The number of nitrogens with zero attached hydrogens (tertiary/aromatic N) is 3. The smallest absolute Gasteiger partial charge is 0.345 e. The Morgan fingerprint density at radius 2 is 2.26 bits per heavy atom. The second kappa shape index (κ2) is 6.97. The van der Waals surface area contributed by atoms with Gasteiger partial charge in [-0.2, -0.15) is 8.42 Å². The molecule has 1 fully saturated rings. The summed E-state index contributed by atoms with van der Waals surface area (Å²) in [4.78, 5) is 17.9. The quantitative estimate of drug-likeness (QED) is 0.640. The number of aliphatic hydroxyl groups is 1. The first-order chi connectivity index (χ1) is 12.6. The third-order valence-corrected chi connectivity index (χ3v) is 5.31. The summed E-state index contributed by atoms with van der Waals surface area (Å²) in [6.07, 6.45) is 3.10. The van der Waals surface area contributed by atoms with Crippen LogP contribution in [0.3, 0.4) is 0 Å². The molecule has 0 spiro atoms. The topological polar surface area (TPSA) is 147 Å². The number of nitrogens with one attached hydrogen (secondary N) is 1. The van der Waals surface area contributed by atoms with E-state index < -0.39 is 15.8 Å². The van der Waals surface area contributed by atoms with E-state index in [1.807, 2.05) is 0 Å². The Kier molecular flexibility index (Phi) is 5.00. The number of nitrogens with two attached hydrogens (primary N) is 1. The van der Waals surface area contributed by atoms with E-state index in [0.29, 0.717) is 31.0 Å². The highest BCUT2D eigenvalue weighted by molar-refractivity contribution is 7.91. The van der Waals surface area contributed by atoms with Gasteiger partial charge in [0.25, 0.3) is 5.91 Å². The van der Waals surface area contributed by atoms with E-state index in [4.69, 9.17) is 10.5 Å². The lowest BCUT2D eigenvalue weighted by Crippen LogP contribution is -2.49. The summed E-state index contributed by atoms with van der Waals surface area (Å²) in [6, 6.07) is 1.59. The van der Waals surface area contributed by atoms with Crippen molar-refractivity contribution in [3.05, 3.63) is 17.8 Å². The van der Waals surface area contributed by atoms with Crippen LogP contribution in [0.15, 0.2) is 16.7 Å². The third kappa shape index (κ3) is 4.30. The van der Waals surface area contributed by atoms with Crippen molar-refractivity contribution in [2.24, 2.45) is 16.0 Å². The predicted octanol–water partition coefficient (Wildman–Crippen LogP) is -0.154. The van der Waals surface area contributed by atoms with Gasteiger partial charge >= 0.3 is 10.2 Å². The van der Waals surface area contributed by atoms with Crippen molar-refractivity contribution in [3.8, 4) is 5.75 Å². The number of hydrogen-bond donors (Lipinski definition) is 3. The molecule has 148 valence electrons. The molecule has 0 bridgehead atoms. The molecule has 1 saturated heterocycles. The first kappa shape index (κ1) is 19.4. The largest absolute Gasteiger partial charge is 0.492 e. The molecule has 11 heteroatoms. The molecular formula is C16H23N5O5S. The van der Waals surface area contributed by atoms with Gasteiger partial charge in [0.2, 0.25) is 0 Å². The van der Waals surface area contributed by atoms with E-state index in [-0.39, 0.29) is 23.5 Å². The minimum atomic E-state index is -3.90. The SMILES string of the molecule is CC(C)(O)C(=O)N1CCC[C@H](COc2ccnc3c2C(N)=NS(=O)(=O)N3)C1. The molecular weight excluding hydrogens is 374 g/mol. The Morgan fingerprint density at radius 1 is 1.52 bits per heavy atom. The van der Waals surface area contributed by atoms with Crippen molar-refractivity contribution in [3.63, 3.8) is 0 Å². The molecule has 2 aliphatic rings. The number of rotatable bonds is 4. The fourth-order valence-corrected chi connectivity index (χ4v) is 3.98. The van der Waals surface area contributed by atoms with Crippen LogP contribution in [0.5, 0.6) is 5.75 Å². The molecule has 1 aromatic rings. The first-order valence-electron chi connectivity index (χ1n) is 8.59. The highest BCUT2D eigenvalue weighted by Gasteiger charge is 2.33. The Balaban J connectivity index is 1.71. The number of ether oxygens (including phenoxy) is 1. The van der Waals surface area contributed by atoms with Crippen LogP contribution in [0.4, 0.5) is 5.82 Å². The van der Waals surface area contributed by atoms with Crippen LogP contribution < -0.4 is 15.2 Å². The molecule has 0 unspecified atom stereocenters. The van der Waals surface area contributed by atoms with Crippen LogP contribution in [0.2, 0.25) is 0 Å². The van der Waals surface area contributed by atoms with Gasteiger partial charge in [-0.1, -0.05) is 0 Å². The highest BCUT2D eigenvalue weighted by Crippen LogP contribution is 2.29. The number of carbonyl (C=O) groups excluding carboxylic acids is 1. The molecule has 10 nitrogen and oxygen atoms in total. The molecule has 3 rings (SSSR count). The van der Waals surface area contributed by atoms with E-state index in [9.17, 15) is 18.3 Å². The number of fused-ring (bicyclic) bond motifs is 1. The van der Waals surface area contributed by atoms with Gasteiger partial charge < -0.3 is 20.5 Å². The van der Waals surface area contributed by atoms with Crippen LogP contribution in [-0.2, 0) is 15.0 Å². The average Bonchev–Trinajstić information content (AvgIpc) is 2.57. The fraction of sp³-hybridized carbons (Fsp3) is 0.562. The monoisotopic (exact) mass is 397 g/mol. The average molecular weight is 397 g/mol. The van der Waals surface area contributed by atoms with Crippen LogP contribution in [0, 0.1) is 5.92 Å². The van der Waals surface area contributed by atoms with Gasteiger partial charge in [-0.15, -0.1) is 4.40 Å². The summed E-state index contributed by atoms with van der Waals surface area (Å²) in [5.41, 5.74) is 4.66. The van der Waals surface area contributed by atoms with Crippen molar-refractivity contribution in [2.45, 2.75) is 32.3 Å². The second-order valence-electron chi connectivity index (χ2n) is 7.22. The first-order valence-corrected chi connectivity index (χ1v) is 10.0. The summed E-state index contributed by atoms with van der Waals surface area (Å²) in [6.45, 7) is 4.34. The summed E-state index contributed by atoms with van der Waals surface area (Å²) >= 11 is 0. The number of pyridine rings is 1. The number of amidine groups is 1. The normalized spacial score (nSPS) is 21.7. The molecule has 1 aromatic heterocycles. The minimum Gasteiger partial charge on any atom is -0.492 e. The molecule has 2 aliphatic heterocycles. The Labute approximate surface area is 157 Å². The van der Waals surface area contributed by atoms with Crippen molar-refractivity contribution < 1.29 is 23.1 Å². The second-order valence-corrected chi connectivity index (χ2v) is 8.55. The molecule has 4 N–H and O–H groups in total. The van der Waals surface area contributed by atoms with Crippen molar-refractivity contribution in [1.29, 1.82) is 0 Å². The molecule has 0 aliphatic carbocycles. The lowest BCUT2D eigenvalue weighted by atomic mass is 9.97. The van der Waals surface area contributed by atoms with E-state index >= 15 is 0 Å². The van der Waals surface area contributed by atoms with Gasteiger partial charge in [0.1, 0.15) is 16.9 Å². The summed E-state index contributed by atoms with van der Waals surface area (Å²) in [5, 5.41) is 9.92. The Morgan fingerprint density at radius 3 is 2.96 bits per heavy atom. The maximum Gasteiger partial charge on any atom is 0.345 e. The highest BCUT2D eigenvalue weighted by atomic mass is 32.2. The molecule has 0 saturated carbocycles. The van der Waals surface area contributed by atoms with Gasteiger partial charge in [-0.3, -0.25) is 4.79 Å². The zero-order valence-electron chi connectivity index (χ0n) is 15.2. The fourth-order valence-electron chi connectivity index (χ4n) is 3.19. The van der Waals surface area contributed by atoms with E-state index in [1.165, 1.54) is 20.0 Å². The van der Waals surface area contributed by atoms with Crippen LogP contribution in [-0.4, -0.2) is 60.4 Å². The molecule has 0 aromatic carbocycles. The minimum absolute atomic E-state index is 0.0717. The lowest BCUT2D eigenvalue weighted by molar-refractivity contribution is -0.149. The maximum absolute atomic E-state index is 12.3. The third-order valence-electron chi connectivity index (χ3n) is 4.42. The van der Waals surface area contributed by atoms with Gasteiger partial charge in [-0.05, 0) is 32.8 Å². The number of carbonyl (C=O) groups is 1. The molecule has 3 heterocycles.